The van der Waals surface area contributed by atoms with Crippen LogP contribution in [0.25, 0.3) is 0 Å². The largest absolute Gasteiger partial charge is 0.481 e. The highest BCUT2D eigenvalue weighted by atomic mass is 16.5. The van der Waals surface area contributed by atoms with Gasteiger partial charge in [-0.3, -0.25) is 0 Å². The first-order valence-corrected chi connectivity index (χ1v) is 3.05. The fraction of sp³-hybridized carbons (Fsp3) is 0.125. The van der Waals surface area contributed by atoms with Gasteiger partial charge >= 0.3 is 0 Å². The van der Waals surface area contributed by atoms with E-state index in [1.165, 1.54) is 0 Å². The molecule has 0 saturated carbocycles. The number of hydrogen-bond acceptors (Lipinski definition) is 2. The molecule has 0 fully saturated rings. The molecular formula is C8H9NO. The molecule has 0 aromatic heterocycles. The molecule has 1 rings (SSSR count). The molecule has 1 aliphatic rings. The van der Waals surface area contributed by atoms with E-state index in [2.05, 4.69) is 4.99 Å². The normalized spacial score (nSPS) is 15.9. The lowest BCUT2D eigenvalue weighted by molar-refractivity contribution is 0.407. The average molecular weight is 135 g/mol. The molecule has 0 saturated heterocycles. The van der Waals surface area contributed by atoms with Gasteiger partial charge in [-0.05, 0) is 6.08 Å². The summed E-state index contributed by atoms with van der Waals surface area (Å²) in [6, 6.07) is 0. The van der Waals surface area contributed by atoms with Gasteiger partial charge in [0.15, 0.2) is 0 Å². The van der Waals surface area contributed by atoms with Crippen molar-refractivity contribution in [2.24, 2.45) is 4.99 Å². The third-order valence-corrected chi connectivity index (χ3v) is 1.07. The monoisotopic (exact) mass is 135 g/mol. The molecule has 0 unspecified atom stereocenters. The van der Waals surface area contributed by atoms with Crippen molar-refractivity contribution in [2.45, 2.75) is 0 Å². The number of ether oxygens (including phenoxy) is 1. The molecule has 0 aromatic rings. The maximum atomic E-state index is 4.90. The minimum Gasteiger partial charge on any atom is -0.481 e. The van der Waals surface area contributed by atoms with E-state index in [-0.39, 0.29) is 0 Å². The summed E-state index contributed by atoms with van der Waals surface area (Å²) < 4.78 is 4.90. The number of aliphatic imine (C=N–C) groups is 1. The Labute approximate surface area is 60.2 Å². The van der Waals surface area contributed by atoms with Crippen LogP contribution in [0.3, 0.4) is 0 Å². The maximum Gasteiger partial charge on any atom is 0.212 e. The topological polar surface area (TPSA) is 21.6 Å². The van der Waals surface area contributed by atoms with Gasteiger partial charge in [0.2, 0.25) is 5.90 Å². The van der Waals surface area contributed by atoms with Gasteiger partial charge in [0.05, 0.1) is 7.11 Å². The van der Waals surface area contributed by atoms with Crippen molar-refractivity contribution in [3.05, 3.63) is 36.6 Å². The quantitative estimate of drug-likeness (QED) is 0.495. The summed E-state index contributed by atoms with van der Waals surface area (Å²) in [5.41, 5.74) is 0. The van der Waals surface area contributed by atoms with Gasteiger partial charge in [-0.1, -0.05) is 18.2 Å². The van der Waals surface area contributed by atoms with Crippen LogP contribution in [0.15, 0.2) is 41.6 Å². The standard InChI is InChI=1S/C8H9NO/c1-10-8-6-4-2-3-5-7-9-8/h2-7H,1H3. The van der Waals surface area contributed by atoms with Crippen LogP contribution in [-0.2, 0) is 4.74 Å². The van der Waals surface area contributed by atoms with Gasteiger partial charge in [-0.15, -0.1) is 0 Å². The van der Waals surface area contributed by atoms with Crippen molar-refractivity contribution in [1.82, 2.24) is 0 Å². The lowest BCUT2D eigenvalue weighted by Gasteiger charge is -1.95. The Morgan fingerprint density at radius 3 is 2.80 bits per heavy atom. The minimum absolute atomic E-state index is 0.626. The molecule has 52 valence electrons. The number of rotatable bonds is 0. The lowest BCUT2D eigenvalue weighted by Crippen LogP contribution is -1.94. The lowest BCUT2D eigenvalue weighted by atomic mass is 10.4. The Kier molecular flexibility index (Phi) is 2.49. The zero-order chi connectivity index (χ0) is 7.23. The van der Waals surface area contributed by atoms with Crippen LogP contribution in [0.5, 0.6) is 0 Å². The molecule has 2 nitrogen and oxygen atoms in total. The van der Waals surface area contributed by atoms with Crippen molar-refractivity contribution in [1.29, 1.82) is 0 Å². The van der Waals surface area contributed by atoms with E-state index in [0.717, 1.165) is 0 Å². The smallest absolute Gasteiger partial charge is 0.212 e. The van der Waals surface area contributed by atoms with Gasteiger partial charge in [0.25, 0.3) is 0 Å². The van der Waals surface area contributed by atoms with Gasteiger partial charge in [-0.25, -0.2) is 4.99 Å². The maximum absolute atomic E-state index is 4.90. The van der Waals surface area contributed by atoms with E-state index in [1.54, 1.807) is 19.4 Å². The van der Waals surface area contributed by atoms with Crippen LogP contribution < -0.4 is 0 Å². The molecule has 0 amide bonds. The zero-order valence-corrected chi connectivity index (χ0v) is 5.82. The summed E-state index contributed by atoms with van der Waals surface area (Å²) in [4.78, 5) is 3.98. The first-order chi connectivity index (χ1) is 4.93. The van der Waals surface area contributed by atoms with E-state index in [1.807, 2.05) is 24.3 Å². The Bertz CT molecular complexity index is 211. The molecule has 10 heavy (non-hydrogen) atoms. The van der Waals surface area contributed by atoms with Gasteiger partial charge < -0.3 is 4.74 Å². The Morgan fingerprint density at radius 1 is 1.20 bits per heavy atom. The van der Waals surface area contributed by atoms with Gasteiger partial charge in [0, 0.05) is 12.3 Å². The Balaban J connectivity index is 2.73. The van der Waals surface area contributed by atoms with Crippen LogP contribution in [-0.4, -0.2) is 13.0 Å². The van der Waals surface area contributed by atoms with E-state index in [9.17, 15) is 0 Å². The molecule has 0 aliphatic carbocycles. The van der Waals surface area contributed by atoms with Gasteiger partial charge in [-0.2, -0.15) is 0 Å². The van der Waals surface area contributed by atoms with Crippen molar-refractivity contribution in [2.75, 3.05) is 7.11 Å². The highest BCUT2D eigenvalue weighted by molar-refractivity contribution is 5.88. The third-order valence-electron chi connectivity index (χ3n) is 1.07. The molecular weight excluding hydrogens is 126 g/mol. The molecule has 2 heteroatoms. The van der Waals surface area contributed by atoms with Crippen molar-refractivity contribution in [3.63, 3.8) is 0 Å². The molecule has 0 aromatic carbocycles. The number of allylic oxidation sites excluding steroid dienone is 4. The highest BCUT2D eigenvalue weighted by Crippen LogP contribution is 1.91. The van der Waals surface area contributed by atoms with E-state index >= 15 is 0 Å². The molecule has 1 heterocycles. The Morgan fingerprint density at radius 2 is 2.00 bits per heavy atom. The summed E-state index contributed by atoms with van der Waals surface area (Å²) in [5, 5.41) is 0. The average Bonchev–Trinajstić information content (AvgIpc) is 1.87. The van der Waals surface area contributed by atoms with Crippen LogP contribution in [0.2, 0.25) is 0 Å². The SMILES string of the molecule is COC1=NC=CC=CC=C1. The highest BCUT2D eigenvalue weighted by Gasteiger charge is 1.86. The Hall–Kier alpha value is -1.31. The van der Waals surface area contributed by atoms with E-state index in [4.69, 9.17) is 4.74 Å². The predicted molar refractivity (Wildman–Crippen MR) is 41.9 cm³/mol. The van der Waals surface area contributed by atoms with Crippen LogP contribution in [0.1, 0.15) is 0 Å². The molecule has 1 aliphatic heterocycles. The first-order valence-electron chi connectivity index (χ1n) is 3.05. The van der Waals surface area contributed by atoms with E-state index < -0.39 is 0 Å². The van der Waals surface area contributed by atoms with Gasteiger partial charge in [0.1, 0.15) is 0 Å². The second kappa shape index (κ2) is 3.67. The second-order valence-electron chi connectivity index (χ2n) is 1.76. The first kappa shape index (κ1) is 6.81. The van der Waals surface area contributed by atoms with Crippen molar-refractivity contribution >= 4 is 5.90 Å². The summed E-state index contributed by atoms with van der Waals surface area (Å²) in [6.07, 6.45) is 11.1. The molecule has 0 N–H and O–H groups in total. The third kappa shape index (κ3) is 1.90. The molecule has 0 radical (unpaired) electrons. The number of hydrogen-bond donors (Lipinski definition) is 0. The summed E-state index contributed by atoms with van der Waals surface area (Å²) in [7, 11) is 1.60. The summed E-state index contributed by atoms with van der Waals surface area (Å²) in [5.74, 6) is 0.626. The summed E-state index contributed by atoms with van der Waals surface area (Å²) in [6.45, 7) is 0. The fourth-order valence-electron chi connectivity index (χ4n) is 0.596. The fourth-order valence-corrected chi connectivity index (χ4v) is 0.596. The molecule has 0 atom stereocenters. The molecule has 0 bridgehead atoms. The van der Waals surface area contributed by atoms with Crippen molar-refractivity contribution < 1.29 is 4.74 Å². The van der Waals surface area contributed by atoms with E-state index in [0.29, 0.717) is 5.90 Å². The second-order valence-corrected chi connectivity index (χ2v) is 1.76. The molecule has 0 spiro atoms. The predicted octanol–water partition coefficient (Wildman–Crippen LogP) is 1.67. The number of nitrogens with zero attached hydrogens (tertiary/aromatic N) is 1. The van der Waals surface area contributed by atoms with Crippen LogP contribution in [0.4, 0.5) is 0 Å². The van der Waals surface area contributed by atoms with Crippen molar-refractivity contribution in [3.8, 4) is 0 Å². The minimum atomic E-state index is 0.626. The van der Waals surface area contributed by atoms with Crippen LogP contribution in [0, 0.1) is 0 Å². The van der Waals surface area contributed by atoms with Crippen LogP contribution >= 0.6 is 0 Å². The summed E-state index contributed by atoms with van der Waals surface area (Å²) >= 11 is 0. The number of methoxy groups -OCH3 is 1. The zero-order valence-electron chi connectivity index (χ0n) is 5.82.